The van der Waals surface area contributed by atoms with Crippen molar-refractivity contribution in [3.8, 4) is 0 Å². The van der Waals surface area contributed by atoms with Gasteiger partial charge in [-0.2, -0.15) is 13.2 Å². The van der Waals surface area contributed by atoms with Crippen molar-refractivity contribution in [2.45, 2.75) is 18.6 Å². The molecule has 1 amide bonds. The van der Waals surface area contributed by atoms with Crippen LogP contribution in [0, 0.1) is 5.92 Å². The van der Waals surface area contributed by atoms with E-state index in [1.54, 1.807) is 12.4 Å². The second kappa shape index (κ2) is 5.69. The molecule has 0 aromatic rings. The minimum Gasteiger partial charge on any atom is -0.475 e. The van der Waals surface area contributed by atoms with Crippen molar-refractivity contribution in [3.05, 3.63) is 11.9 Å². The lowest BCUT2D eigenvalue weighted by molar-refractivity contribution is -0.192. The number of carboxylic acid groups (broad SMARTS) is 1. The van der Waals surface area contributed by atoms with Crippen LogP contribution in [0.2, 0.25) is 0 Å². The van der Waals surface area contributed by atoms with E-state index in [9.17, 15) is 18.0 Å². The number of halogens is 3. The summed E-state index contributed by atoms with van der Waals surface area (Å²) in [4.78, 5) is 23.8. The summed E-state index contributed by atoms with van der Waals surface area (Å²) in [7, 11) is 0. The Labute approximate surface area is 105 Å². The van der Waals surface area contributed by atoms with Gasteiger partial charge in [0, 0.05) is 18.3 Å². The molecule has 106 valence electrons. The Hall–Kier alpha value is -2.10. The number of carbonyl (C=O) groups is 2. The molecular weight excluding hydrogens is 269 g/mol. The lowest BCUT2D eigenvalue weighted by Crippen LogP contribution is -2.42. The molecule has 5 N–H and O–H groups in total. The van der Waals surface area contributed by atoms with Gasteiger partial charge in [-0.1, -0.05) is 0 Å². The van der Waals surface area contributed by atoms with Crippen LogP contribution in [0.4, 0.5) is 13.2 Å². The van der Waals surface area contributed by atoms with E-state index in [1.807, 2.05) is 0 Å². The number of carboxylic acids is 1. The summed E-state index contributed by atoms with van der Waals surface area (Å²) in [5, 5.41) is 7.12. The van der Waals surface area contributed by atoms with E-state index in [1.165, 1.54) is 0 Å². The number of carbonyl (C=O) groups excluding carboxylic acids is 1. The Kier molecular flexibility index (Phi) is 4.48. The lowest BCUT2D eigenvalue weighted by atomic mass is 9.94. The lowest BCUT2D eigenvalue weighted by Gasteiger charge is -2.14. The first-order valence-corrected chi connectivity index (χ1v) is 5.06. The molecule has 2 aliphatic rings. The van der Waals surface area contributed by atoms with Crippen molar-refractivity contribution < 1.29 is 27.9 Å². The number of fused-ring (bicyclic) bond motifs is 1. The zero-order chi connectivity index (χ0) is 14.6. The van der Waals surface area contributed by atoms with E-state index in [0.717, 1.165) is 12.1 Å². The topological polar surface area (TPSA) is 117 Å². The van der Waals surface area contributed by atoms with Crippen molar-refractivity contribution in [2.75, 3.05) is 0 Å². The van der Waals surface area contributed by atoms with Crippen LogP contribution in [0.15, 0.2) is 16.9 Å². The summed E-state index contributed by atoms with van der Waals surface area (Å²) in [5.41, 5.74) is 11.8. The SMILES string of the molecule is NC(=O)C1NNC2=CN=CCC21.O=C(O)C(F)(F)F. The fourth-order valence-electron chi connectivity index (χ4n) is 1.50. The molecule has 2 rings (SSSR count). The molecule has 2 atom stereocenters. The minimum atomic E-state index is -5.08. The number of hydrazine groups is 1. The number of nitrogens with zero attached hydrogens (tertiary/aromatic N) is 1. The molecule has 2 unspecified atom stereocenters. The maximum absolute atomic E-state index is 10.9. The molecule has 19 heavy (non-hydrogen) atoms. The highest BCUT2D eigenvalue weighted by Crippen LogP contribution is 2.23. The molecule has 0 bridgehead atoms. The molecule has 0 radical (unpaired) electrons. The smallest absolute Gasteiger partial charge is 0.475 e. The maximum atomic E-state index is 10.9. The van der Waals surface area contributed by atoms with Gasteiger partial charge < -0.3 is 16.3 Å². The number of rotatable bonds is 1. The number of alkyl halides is 3. The highest BCUT2D eigenvalue weighted by Gasteiger charge is 2.38. The molecule has 10 heteroatoms. The molecule has 0 spiro atoms. The van der Waals surface area contributed by atoms with Crippen LogP contribution in [0.1, 0.15) is 6.42 Å². The number of nitrogens with two attached hydrogens (primary N) is 1. The van der Waals surface area contributed by atoms with Gasteiger partial charge in [-0.05, 0) is 6.42 Å². The standard InChI is InChI=1S/C7H10N4O.C2HF3O2/c8-7(12)6-4-1-2-9-3-5(4)10-11-6;3-2(4,5)1(6)7/h2-4,6,10-11H,1H2,(H2,8,12);(H,6,7). The Balaban J connectivity index is 0.000000224. The Morgan fingerprint density at radius 1 is 1.47 bits per heavy atom. The highest BCUT2D eigenvalue weighted by molar-refractivity contribution is 5.82. The number of primary amides is 1. The van der Waals surface area contributed by atoms with Crippen molar-refractivity contribution in [1.29, 1.82) is 0 Å². The minimum absolute atomic E-state index is 0.139. The van der Waals surface area contributed by atoms with Gasteiger partial charge in [-0.25, -0.2) is 10.2 Å². The van der Waals surface area contributed by atoms with E-state index in [4.69, 9.17) is 15.6 Å². The third kappa shape index (κ3) is 3.95. The summed E-state index contributed by atoms with van der Waals surface area (Å²) in [6.07, 6.45) is -0.817. The number of amides is 1. The van der Waals surface area contributed by atoms with Crippen molar-refractivity contribution in [2.24, 2.45) is 16.6 Å². The van der Waals surface area contributed by atoms with Crippen LogP contribution < -0.4 is 16.6 Å². The maximum Gasteiger partial charge on any atom is 0.490 e. The third-order valence-electron chi connectivity index (χ3n) is 2.40. The Morgan fingerprint density at radius 3 is 2.53 bits per heavy atom. The zero-order valence-electron chi connectivity index (χ0n) is 9.44. The molecule has 0 aromatic heterocycles. The summed E-state index contributed by atoms with van der Waals surface area (Å²) >= 11 is 0. The number of aliphatic imine (C=N–C) groups is 1. The summed E-state index contributed by atoms with van der Waals surface area (Å²) in [6.45, 7) is 0. The quantitative estimate of drug-likeness (QED) is 0.517. The molecule has 0 aromatic carbocycles. The second-order valence-corrected chi connectivity index (χ2v) is 3.71. The van der Waals surface area contributed by atoms with E-state index in [2.05, 4.69) is 15.8 Å². The largest absolute Gasteiger partial charge is 0.490 e. The first kappa shape index (κ1) is 15.0. The predicted octanol–water partition coefficient (Wildman–Crippen LogP) is -0.487. The third-order valence-corrected chi connectivity index (χ3v) is 2.40. The van der Waals surface area contributed by atoms with Crippen molar-refractivity contribution >= 4 is 18.1 Å². The average Bonchev–Trinajstić information content (AvgIpc) is 2.72. The first-order valence-electron chi connectivity index (χ1n) is 5.06. The second-order valence-electron chi connectivity index (χ2n) is 3.71. The molecule has 1 fully saturated rings. The average molecular weight is 280 g/mol. The molecule has 2 aliphatic heterocycles. The van der Waals surface area contributed by atoms with Crippen LogP contribution in [0.3, 0.4) is 0 Å². The first-order chi connectivity index (χ1) is 8.73. The number of aliphatic carboxylic acids is 1. The van der Waals surface area contributed by atoms with Gasteiger partial charge in [0.25, 0.3) is 0 Å². The Bertz CT molecular complexity index is 433. The van der Waals surface area contributed by atoms with E-state index in [-0.39, 0.29) is 17.9 Å². The van der Waals surface area contributed by atoms with Gasteiger partial charge in [-0.15, -0.1) is 0 Å². The Morgan fingerprint density at radius 2 is 2.05 bits per heavy atom. The van der Waals surface area contributed by atoms with Gasteiger partial charge in [0.05, 0.1) is 5.70 Å². The van der Waals surface area contributed by atoms with Gasteiger partial charge in [0.2, 0.25) is 5.91 Å². The van der Waals surface area contributed by atoms with Crippen molar-refractivity contribution in [3.63, 3.8) is 0 Å². The van der Waals surface area contributed by atoms with Gasteiger partial charge in [0.1, 0.15) is 6.04 Å². The normalized spacial score (nSPS) is 24.5. The van der Waals surface area contributed by atoms with Gasteiger partial charge in [-0.3, -0.25) is 9.79 Å². The van der Waals surface area contributed by atoms with Gasteiger partial charge >= 0.3 is 12.1 Å². The number of nitrogens with one attached hydrogen (secondary N) is 2. The van der Waals surface area contributed by atoms with Crippen LogP contribution in [-0.4, -0.2) is 35.4 Å². The molecule has 0 aliphatic carbocycles. The van der Waals surface area contributed by atoms with Crippen molar-refractivity contribution in [1.82, 2.24) is 10.9 Å². The molecule has 0 saturated carbocycles. The molecule has 2 heterocycles. The predicted molar refractivity (Wildman–Crippen MR) is 57.6 cm³/mol. The van der Waals surface area contributed by atoms with E-state index in [0.29, 0.717) is 0 Å². The fraction of sp³-hybridized carbons (Fsp3) is 0.444. The number of hydrogen-bond donors (Lipinski definition) is 4. The molecular formula is C9H11F3N4O3. The summed E-state index contributed by atoms with van der Waals surface area (Å²) in [5.74, 6) is -2.95. The molecule has 1 saturated heterocycles. The zero-order valence-corrected chi connectivity index (χ0v) is 9.44. The summed E-state index contributed by atoms with van der Waals surface area (Å²) in [6, 6.07) is -0.303. The van der Waals surface area contributed by atoms with E-state index >= 15 is 0 Å². The highest BCUT2D eigenvalue weighted by atomic mass is 19.4. The van der Waals surface area contributed by atoms with Crippen LogP contribution >= 0.6 is 0 Å². The van der Waals surface area contributed by atoms with Crippen LogP contribution in [0.25, 0.3) is 0 Å². The summed E-state index contributed by atoms with van der Waals surface area (Å²) < 4.78 is 31.7. The van der Waals surface area contributed by atoms with Gasteiger partial charge in [0.15, 0.2) is 0 Å². The molecule has 7 nitrogen and oxygen atoms in total. The monoisotopic (exact) mass is 280 g/mol. The van der Waals surface area contributed by atoms with Crippen LogP contribution in [0.5, 0.6) is 0 Å². The van der Waals surface area contributed by atoms with E-state index < -0.39 is 12.1 Å². The number of hydrogen-bond acceptors (Lipinski definition) is 5. The fourth-order valence-corrected chi connectivity index (χ4v) is 1.50. The van der Waals surface area contributed by atoms with Crippen LogP contribution in [-0.2, 0) is 9.59 Å².